The Morgan fingerprint density at radius 3 is 2.58 bits per heavy atom. The maximum atomic E-state index is 4.61. The zero-order valence-corrected chi connectivity index (χ0v) is 10.9. The molecule has 1 atom stereocenters. The van der Waals surface area contributed by atoms with Gasteiger partial charge in [-0.25, -0.2) is 15.0 Å². The zero-order valence-electron chi connectivity index (χ0n) is 10.9. The van der Waals surface area contributed by atoms with Gasteiger partial charge in [0.05, 0.1) is 22.8 Å². The molecule has 2 N–H and O–H groups in total. The van der Waals surface area contributed by atoms with Crippen LogP contribution in [0.2, 0.25) is 0 Å². The first-order valence-corrected chi connectivity index (χ1v) is 6.23. The van der Waals surface area contributed by atoms with Crippen molar-refractivity contribution in [2.24, 2.45) is 0 Å². The Morgan fingerprint density at radius 2 is 1.89 bits per heavy atom. The van der Waals surface area contributed by atoms with Crippen LogP contribution in [0.15, 0.2) is 36.7 Å². The van der Waals surface area contributed by atoms with Crippen LogP contribution in [-0.2, 0) is 0 Å². The number of fused-ring (bicyclic) bond motifs is 1. The van der Waals surface area contributed by atoms with Crippen LogP contribution in [-0.4, -0.2) is 19.9 Å². The SMILES string of the molecule is Cc1nc2ccccc2nc1NC(C)c1ncc[nH]1. The minimum atomic E-state index is 0.0594. The number of aryl methyl sites for hydroxylation is 1. The molecular formula is C14H15N5. The topological polar surface area (TPSA) is 66.5 Å². The third-order valence-electron chi connectivity index (χ3n) is 3.03. The summed E-state index contributed by atoms with van der Waals surface area (Å²) in [5.41, 5.74) is 2.69. The molecule has 0 spiro atoms. The Kier molecular flexibility index (Phi) is 2.87. The van der Waals surface area contributed by atoms with Crippen LogP contribution in [0.1, 0.15) is 24.5 Å². The van der Waals surface area contributed by atoms with Gasteiger partial charge in [-0.3, -0.25) is 0 Å². The fraction of sp³-hybridized carbons (Fsp3) is 0.214. The number of nitrogens with zero attached hydrogens (tertiary/aromatic N) is 3. The molecule has 0 amide bonds. The molecule has 2 heterocycles. The largest absolute Gasteiger partial charge is 0.359 e. The van der Waals surface area contributed by atoms with E-state index in [1.165, 1.54) is 0 Å². The lowest BCUT2D eigenvalue weighted by molar-refractivity contribution is 0.801. The number of benzene rings is 1. The van der Waals surface area contributed by atoms with Gasteiger partial charge >= 0.3 is 0 Å². The highest BCUT2D eigenvalue weighted by Crippen LogP contribution is 2.20. The summed E-state index contributed by atoms with van der Waals surface area (Å²) in [6.45, 7) is 3.99. The molecule has 3 rings (SSSR count). The summed E-state index contributed by atoms with van der Waals surface area (Å²) in [5.74, 6) is 1.68. The Bertz CT molecular complexity index is 690. The van der Waals surface area contributed by atoms with Gasteiger partial charge in [0, 0.05) is 12.4 Å². The lowest BCUT2D eigenvalue weighted by Gasteiger charge is -2.14. The molecule has 5 nitrogen and oxygen atoms in total. The average molecular weight is 253 g/mol. The summed E-state index contributed by atoms with van der Waals surface area (Å²) in [6, 6.07) is 7.92. The van der Waals surface area contributed by atoms with Gasteiger partial charge in [-0.15, -0.1) is 0 Å². The first-order valence-electron chi connectivity index (χ1n) is 6.23. The number of H-pyrrole nitrogens is 1. The molecule has 1 aromatic carbocycles. The minimum absolute atomic E-state index is 0.0594. The van der Waals surface area contributed by atoms with E-state index in [1.807, 2.05) is 44.3 Å². The number of hydrogen-bond donors (Lipinski definition) is 2. The van der Waals surface area contributed by atoms with Gasteiger partial charge in [0.15, 0.2) is 0 Å². The van der Waals surface area contributed by atoms with E-state index in [2.05, 4.69) is 25.3 Å². The van der Waals surface area contributed by atoms with Crippen molar-refractivity contribution in [2.45, 2.75) is 19.9 Å². The van der Waals surface area contributed by atoms with Crippen LogP contribution >= 0.6 is 0 Å². The number of hydrogen-bond acceptors (Lipinski definition) is 4. The molecule has 0 saturated carbocycles. The van der Waals surface area contributed by atoms with Crippen LogP contribution in [0, 0.1) is 6.92 Å². The summed E-state index contributed by atoms with van der Waals surface area (Å²) < 4.78 is 0. The van der Waals surface area contributed by atoms with E-state index in [0.717, 1.165) is 28.4 Å². The van der Waals surface area contributed by atoms with Crippen molar-refractivity contribution in [3.05, 3.63) is 48.2 Å². The normalized spacial score (nSPS) is 12.5. The standard InChI is InChI=1S/C14H15N5/c1-9(13-15-7-8-16-13)18-14-10(2)17-11-5-3-4-6-12(11)19-14/h3-9H,1-2H3,(H,15,16)(H,18,19). The molecule has 2 aromatic heterocycles. The fourth-order valence-electron chi connectivity index (χ4n) is 2.01. The third kappa shape index (κ3) is 2.27. The van der Waals surface area contributed by atoms with Gasteiger partial charge in [-0.05, 0) is 26.0 Å². The zero-order chi connectivity index (χ0) is 13.2. The van der Waals surface area contributed by atoms with Crippen molar-refractivity contribution in [1.29, 1.82) is 0 Å². The number of rotatable bonds is 3. The van der Waals surface area contributed by atoms with Gasteiger partial charge in [-0.2, -0.15) is 0 Å². The second kappa shape index (κ2) is 4.68. The monoisotopic (exact) mass is 253 g/mol. The summed E-state index contributed by atoms with van der Waals surface area (Å²) in [6.07, 6.45) is 3.55. The maximum Gasteiger partial charge on any atom is 0.148 e. The minimum Gasteiger partial charge on any atom is -0.359 e. The Morgan fingerprint density at radius 1 is 1.16 bits per heavy atom. The quantitative estimate of drug-likeness (QED) is 0.753. The first kappa shape index (κ1) is 11.6. The van der Waals surface area contributed by atoms with E-state index in [1.54, 1.807) is 6.20 Å². The van der Waals surface area contributed by atoms with Crippen LogP contribution in [0.4, 0.5) is 5.82 Å². The average Bonchev–Trinajstić information content (AvgIpc) is 2.93. The molecule has 0 saturated heterocycles. The van der Waals surface area contributed by atoms with Crippen LogP contribution in [0.5, 0.6) is 0 Å². The van der Waals surface area contributed by atoms with Gasteiger partial charge in [-0.1, -0.05) is 12.1 Å². The van der Waals surface area contributed by atoms with E-state index in [-0.39, 0.29) is 6.04 Å². The van der Waals surface area contributed by atoms with Crippen LogP contribution < -0.4 is 5.32 Å². The van der Waals surface area contributed by atoms with Crippen molar-refractivity contribution < 1.29 is 0 Å². The molecular weight excluding hydrogens is 238 g/mol. The number of aromatic nitrogens is 4. The summed E-state index contributed by atoms with van der Waals surface area (Å²) in [4.78, 5) is 16.5. The van der Waals surface area contributed by atoms with Crippen LogP contribution in [0.3, 0.4) is 0 Å². The number of nitrogens with one attached hydrogen (secondary N) is 2. The third-order valence-corrected chi connectivity index (χ3v) is 3.03. The van der Waals surface area contributed by atoms with Crippen molar-refractivity contribution in [1.82, 2.24) is 19.9 Å². The predicted molar refractivity (Wildman–Crippen MR) is 74.9 cm³/mol. The van der Waals surface area contributed by atoms with Crippen molar-refractivity contribution in [3.8, 4) is 0 Å². The summed E-state index contributed by atoms with van der Waals surface area (Å²) in [7, 11) is 0. The van der Waals surface area contributed by atoms with Crippen LogP contribution in [0.25, 0.3) is 11.0 Å². The van der Waals surface area contributed by atoms with Crippen molar-refractivity contribution >= 4 is 16.9 Å². The Labute approximate surface area is 111 Å². The molecule has 19 heavy (non-hydrogen) atoms. The fourth-order valence-corrected chi connectivity index (χ4v) is 2.01. The number of anilines is 1. The predicted octanol–water partition coefficient (Wildman–Crippen LogP) is 2.83. The second-order valence-corrected chi connectivity index (χ2v) is 4.49. The van der Waals surface area contributed by atoms with Gasteiger partial charge in [0.25, 0.3) is 0 Å². The maximum absolute atomic E-state index is 4.61. The lowest BCUT2D eigenvalue weighted by Crippen LogP contribution is -2.11. The van der Waals surface area contributed by atoms with E-state index in [9.17, 15) is 0 Å². The van der Waals surface area contributed by atoms with Gasteiger partial charge in [0.1, 0.15) is 11.6 Å². The number of para-hydroxylation sites is 2. The van der Waals surface area contributed by atoms with E-state index in [4.69, 9.17) is 0 Å². The molecule has 0 aliphatic rings. The Balaban J connectivity index is 1.94. The highest BCUT2D eigenvalue weighted by Gasteiger charge is 2.11. The summed E-state index contributed by atoms with van der Waals surface area (Å²) >= 11 is 0. The molecule has 0 radical (unpaired) electrons. The molecule has 0 fully saturated rings. The molecule has 5 heteroatoms. The first-order chi connectivity index (χ1) is 9.24. The van der Waals surface area contributed by atoms with E-state index >= 15 is 0 Å². The molecule has 3 aromatic rings. The second-order valence-electron chi connectivity index (χ2n) is 4.49. The number of aromatic amines is 1. The molecule has 1 unspecified atom stereocenters. The van der Waals surface area contributed by atoms with Crippen molar-refractivity contribution in [3.63, 3.8) is 0 Å². The number of imidazole rings is 1. The molecule has 0 aliphatic carbocycles. The molecule has 96 valence electrons. The van der Waals surface area contributed by atoms with Gasteiger partial charge in [0.2, 0.25) is 0 Å². The highest BCUT2D eigenvalue weighted by atomic mass is 15.1. The molecule has 0 bridgehead atoms. The van der Waals surface area contributed by atoms with Crippen molar-refractivity contribution in [2.75, 3.05) is 5.32 Å². The van der Waals surface area contributed by atoms with E-state index < -0.39 is 0 Å². The summed E-state index contributed by atoms with van der Waals surface area (Å²) in [5, 5.41) is 3.34. The van der Waals surface area contributed by atoms with Gasteiger partial charge < -0.3 is 10.3 Å². The van der Waals surface area contributed by atoms with E-state index in [0.29, 0.717) is 0 Å². The lowest BCUT2D eigenvalue weighted by atomic mass is 10.2. The molecule has 0 aliphatic heterocycles. The Hall–Kier alpha value is -2.43. The highest BCUT2D eigenvalue weighted by molar-refractivity contribution is 5.76. The smallest absolute Gasteiger partial charge is 0.148 e.